The number of likely N-dealkylation sites (N-methyl/N-ethyl adjacent to an activating group) is 1. The molecule has 1 aliphatic rings. The molecule has 0 radical (unpaired) electrons. The topological polar surface area (TPSA) is 49.9 Å². The number of benzene rings is 1. The number of ether oxygens (including phenoxy) is 1. The number of hydrogen-bond acceptors (Lipinski definition) is 3. The summed E-state index contributed by atoms with van der Waals surface area (Å²) in [5.74, 6) is 0.599. The summed E-state index contributed by atoms with van der Waals surface area (Å²) in [5, 5.41) is 0.642. The van der Waals surface area contributed by atoms with Gasteiger partial charge in [-0.3, -0.25) is 9.59 Å². The number of amides is 2. The Kier molecular flexibility index (Phi) is 6.07. The molecule has 1 fully saturated rings. The van der Waals surface area contributed by atoms with E-state index >= 15 is 0 Å². The number of hydrogen-bond donors (Lipinski definition) is 0. The van der Waals surface area contributed by atoms with Crippen molar-refractivity contribution in [2.24, 2.45) is 0 Å². The van der Waals surface area contributed by atoms with Crippen LogP contribution in [-0.4, -0.2) is 54.9 Å². The summed E-state index contributed by atoms with van der Waals surface area (Å²) in [7, 11) is 1.65. The number of rotatable bonds is 6. The maximum Gasteiger partial charge on any atom is 0.242 e. The summed E-state index contributed by atoms with van der Waals surface area (Å²) < 4.78 is 5.49. The fourth-order valence-corrected chi connectivity index (χ4v) is 2.46. The van der Waals surface area contributed by atoms with Crippen LogP contribution in [0.1, 0.15) is 19.3 Å². The summed E-state index contributed by atoms with van der Waals surface area (Å²) in [4.78, 5) is 27.2. The molecule has 0 saturated carbocycles. The zero-order valence-electron chi connectivity index (χ0n) is 12.8. The molecule has 0 atom stereocenters. The van der Waals surface area contributed by atoms with Gasteiger partial charge < -0.3 is 14.5 Å². The van der Waals surface area contributed by atoms with Gasteiger partial charge in [0.15, 0.2) is 0 Å². The summed E-state index contributed by atoms with van der Waals surface area (Å²) in [6.45, 7) is 2.03. The molecule has 1 heterocycles. The van der Waals surface area contributed by atoms with E-state index in [1.54, 1.807) is 31.3 Å². The number of nitrogens with zero attached hydrogens (tertiary/aromatic N) is 2. The van der Waals surface area contributed by atoms with E-state index in [1.165, 1.54) is 4.90 Å². The Balaban J connectivity index is 1.69. The SMILES string of the molecule is CN(CC(=O)N1CCCC1)C(=O)CCOc1ccc(Cl)cc1. The minimum absolute atomic E-state index is 0.0203. The second-order valence-corrected chi connectivity index (χ2v) is 5.83. The molecule has 0 bridgehead atoms. The third kappa shape index (κ3) is 4.91. The molecule has 1 aromatic carbocycles. The molecule has 0 spiro atoms. The van der Waals surface area contributed by atoms with Crippen molar-refractivity contribution in [2.45, 2.75) is 19.3 Å². The third-order valence-corrected chi connectivity index (χ3v) is 3.91. The van der Waals surface area contributed by atoms with Gasteiger partial charge in [-0.2, -0.15) is 0 Å². The van der Waals surface area contributed by atoms with E-state index < -0.39 is 0 Å². The first-order valence-corrected chi connectivity index (χ1v) is 7.84. The highest BCUT2D eigenvalue weighted by molar-refractivity contribution is 6.30. The van der Waals surface area contributed by atoms with E-state index in [0.717, 1.165) is 25.9 Å². The second-order valence-electron chi connectivity index (χ2n) is 5.39. The van der Waals surface area contributed by atoms with Gasteiger partial charge in [0, 0.05) is 25.2 Å². The lowest BCUT2D eigenvalue weighted by molar-refractivity contribution is -0.139. The maximum absolute atomic E-state index is 12.0. The van der Waals surface area contributed by atoms with Gasteiger partial charge in [-0.05, 0) is 37.1 Å². The Bertz CT molecular complexity index is 513. The van der Waals surface area contributed by atoms with Gasteiger partial charge in [0.2, 0.25) is 11.8 Å². The first-order chi connectivity index (χ1) is 10.6. The predicted octanol–water partition coefficient (Wildman–Crippen LogP) is 2.19. The van der Waals surface area contributed by atoms with Crippen molar-refractivity contribution in [2.75, 3.05) is 33.3 Å². The van der Waals surface area contributed by atoms with E-state index in [2.05, 4.69) is 0 Å². The van der Waals surface area contributed by atoms with E-state index in [4.69, 9.17) is 16.3 Å². The molecule has 0 aliphatic carbocycles. The van der Waals surface area contributed by atoms with Crippen LogP contribution >= 0.6 is 11.6 Å². The minimum Gasteiger partial charge on any atom is -0.493 e. The largest absolute Gasteiger partial charge is 0.493 e. The highest BCUT2D eigenvalue weighted by Gasteiger charge is 2.20. The zero-order chi connectivity index (χ0) is 15.9. The van der Waals surface area contributed by atoms with Crippen molar-refractivity contribution in [3.8, 4) is 5.75 Å². The second kappa shape index (κ2) is 8.03. The van der Waals surface area contributed by atoms with Crippen LogP contribution in [0.2, 0.25) is 5.02 Å². The van der Waals surface area contributed by atoms with Crippen LogP contribution in [0.25, 0.3) is 0 Å². The third-order valence-electron chi connectivity index (χ3n) is 3.66. The summed E-state index contributed by atoms with van der Waals surface area (Å²) in [5.41, 5.74) is 0. The van der Waals surface area contributed by atoms with Gasteiger partial charge in [-0.15, -0.1) is 0 Å². The van der Waals surface area contributed by atoms with Gasteiger partial charge in [-0.25, -0.2) is 0 Å². The Morgan fingerprint density at radius 3 is 2.50 bits per heavy atom. The van der Waals surface area contributed by atoms with E-state index in [-0.39, 0.29) is 31.4 Å². The molecule has 2 rings (SSSR count). The molecule has 5 nitrogen and oxygen atoms in total. The van der Waals surface area contributed by atoms with Crippen molar-refractivity contribution in [3.63, 3.8) is 0 Å². The van der Waals surface area contributed by atoms with Crippen molar-refractivity contribution in [1.82, 2.24) is 9.80 Å². The molecular formula is C16H21ClN2O3. The lowest BCUT2D eigenvalue weighted by Crippen LogP contribution is -2.40. The monoisotopic (exact) mass is 324 g/mol. The molecular weight excluding hydrogens is 304 g/mol. The average Bonchev–Trinajstić information content (AvgIpc) is 3.03. The molecule has 0 unspecified atom stereocenters. The van der Waals surface area contributed by atoms with Gasteiger partial charge >= 0.3 is 0 Å². The molecule has 1 aromatic rings. The molecule has 1 saturated heterocycles. The Morgan fingerprint density at radius 2 is 1.86 bits per heavy atom. The van der Waals surface area contributed by atoms with Crippen LogP contribution < -0.4 is 4.74 Å². The Labute approximate surface area is 135 Å². The van der Waals surface area contributed by atoms with Crippen molar-refractivity contribution >= 4 is 23.4 Å². The first kappa shape index (κ1) is 16.6. The van der Waals surface area contributed by atoms with Crippen LogP contribution in [0.4, 0.5) is 0 Å². The molecule has 6 heteroatoms. The quantitative estimate of drug-likeness (QED) is 0.806. The van der Waals surface area contributed by atoms with Crippen molar-refractivity contribution in [3.05, 3.63) is 29.3 Å². The first-order valence-electron chi connectivity index (χ1n) is 7.46. The lowest BCUT2D eigenvalue weighted by Gasteiger charge is -2.21. The van der Waals surface area contributed by atoms with Crippen molar-refractivity contribution < 1.29 is 14.3 Å². The smallest absolute Gasteiger partial charge is 0.242 e. The molecule has 22 heavy (non-hydrogen) atoms. The van der Waals surface area contributed by atoms with Gasteiger partial charge in [0.1, 0.15) is 5.75 Å². The van der Waals surface area contributed by atoms with E-state index in [1.807, 2.05) is 4.90 Å². The standard InChI is InChI=1S/C16H21ClN2O3/c1-18(12-16(21)19-9-2-3-10-19)15(20)8-11-22-14-6-4-13(17)5-7-14/h4-7H,2-3,8-12H2,1H3. The summed E-state index contributed by atoms with van der Waals surface area (Å²) in [6, 6.07) is 6.99. The molecule has 2 amide bonds. The van der Waals surface area contributed by atoms with Gasteiger partial charge in [0.25, 0.3) is 0 Å². The number of likely N-dealkylation sites (tertiary alicyclic amines) is 1. The highest BCUT2D eigenvalue weighted by atomic mass is 35.5. The zero-order valence-corrected chi connectivity index (χ0v) is 13.5. The number of halogens is 1. The molecule has 120 valence electrons. The van der Waals surface area contributed by atoms with Crippen molar-refractivity contribution in [1.29, 1.82) is 0 Å². The van der Waals surface area contributed by atoms with Crippen LogP contribution in [-0.2, 0) is 9.59 Å². The fraction of sp³-hybridized carbons (Fsp3) is 0.500. The number of carbonyl (C=O) groups is 2. The average molecular weight is 325 g/mol. The minimum atomic E-state index is -0.0958. The fourth-order valence-electron chi connectivity index (χ4n) is 2.34. The maximum atomic E-state index is 12.0. The van der Waals surface area contributed by atoms with Crippen LogP contribution in [0, 0.1) is 0 Å². The Hall–Kier alpha value is -1.75. The molecule has 0 aromatic heterocycles. The highest BCUT2D eigenvalue weighted by Crippen LogP contribution is 2.15. The lowest BCUT2D eigenvalue weighted by atomic mass is 10.3. The van der Waals surface area contributed by atoms with Crippen LogP contribution in [0.15, 0.2) is 24.3 Å². The van der Waals surface area contributed by atoms with Crippen LogP contribution in [0.5, 0.6) is 5.75 Å². The number of carbonyl (C=O) groups excluding carboxylic acids is 2. The molecule has 0 N–H and O–H groups in total. The van der Waals surface area contributed by atoms with Gasteiger partial charge in [0.05, 0.1) is 19.6 Å². The van der Waals surface area contributed by atoms with E-state index in [9.17, 15) is 9.59 Å². The normalized spacial score (nSPS) is 14.0. The summed E-state index contributed by atoms with van der Waals surface area (Å²) >= 11 is 5.79. The molecule has 1 aliphatic heterocycles. The van der Waals surface area contributed by atoms with Crippen LogP contribution in [0.3, 0.4) is 0 Å². The Morgan fingerprint density at radius 1 is 1.23 bits per heavy atom. The summed E-state index contributed by atoms with van der Waals surface area (Å²) in [6.07, 6.45) is 2.35. The van der Waals surface area contributed by atoms with Gasteiger partial charge in [-0.1, -0.05) is 11.6 Å². The predicted molar refractivity (Wildman–Crippen MR) is 85.0 cm³/mol. The van der Waals surface area contributed by atoms with E-state index in [0.29, 0.717) is 10.8 Å².